The van der Waals surface area contributed by atoms with Crippen molar-refractivity contribution < 1.29 is 13.9 Å². The minimum Gasteiger partial charge on any atom is -0.461 e. The molecule has 6 heteroatoms. The fourth-order valence-electron chi connectivity index (χ4n) is 1.86. The Balaban J connectivity index is 1.78. The molecule has 0 fully saturated rings. The van der Waals surface area contributed by atoms with Crippen LogP contribution in [0.15, 0.2) is 34.9 Å². The summed E-state index contributed by atoms with van der Waals surface area (Å²) in [5, 5.41) is 0. The van der Waals surface area contributed by atoms with Gasteiger partial charge in [-0.25, -0.2) is 14.8 Å². The van der Waals surface area contributed by atoms with E-state index in [0.29, 0.717) is 18.3 Å². The zero-order chi connectivity index (χ0) is 14.7. The minimum absolute atomic E-state index is 0.154. The van der Waals surface area contributed by atoms with Crippen LogP contribution in [0, 0.1) is 0 Å². The maximum atomic E-state index is 11.5. The minimum atomic E-state index is -0.496. The monoisotopic (exact) mass is 283 g/mol. The summed E-state index contributed by atoms with van der Waals surface area (Å²) in [6, 6.07) is 7.74. The first-order valence-electron chi connectivity index (χ1n) is 6.51. The molecule has 0 saturated heterocycles. The molecule has 0 amide bonds. The predicted molar refractivity (Wildman–Crippen MR) is 77.5 cm³/mol. The Hall–Kier alpha value is -2.89. The molecule has 0 saturated carbocycles. The molecule has 0 spiro atoms. The lowest BCUT2D eigenvalue weighted by Gasteiger charge is -1.94. The molecular weight excluding hydrogens is 270 g/mol. The molecule has 106 valence electrons. The summed E-state index contributed by atoms with van der Waals surface area (Å²) in [6.07, 6.45) is 4.65. The molecule has 0 aliphatic carbocycles. The van der Waals surface area contributed by atoms with E-state index in [2.05, 4.69) is 15.0 Å². The first kappa shape index (κ1) is 13.1. The standard InChI is InChI=1S/C15H13N3O3/c1-2-20-15(19)12-9-21-14(18-12)8-7-13-16-10-5-3-4-6-11(10)17-13/h3-9H,2H2,1H3,(H,16,17)/b8-7+. The molecular formula is C15H13N3O3. The predicted octanol–water partition coefficient (Wildman–Crippen LogP) is 2.90. The van der Waals surface area contributed by atoms with Crippen LogP contribution in [-0.2, 0) is 4.74 Å². The number of hydrogen-bond donors (Lipinski definition) is 1. The number of carbonyl (C=O) groups excluding carboxylic acids is 1. The zero-order valence-electron chi connectivity index (χ0n) is 11.4. The smallest absolute Gasteiger partial charge is 0.360 e. The lowest BCUT2D eigenvalue weighted by atomic mass is 10.3. The Labute approximate surface area is 120 Å². The van der Waals surface area contributed by atoms with Crippen molar-refractivity contribution in [3.63, 3.8) is 0 Å². The molecule has 21 heavy (non-hydrogen) atoms. The Morgan fingerprint density at radius 3 is 3.00 bits per heavy atom. The number of ether oxygens (including phenoxy) is 1. The van der Waals surface area contributed by atoms with Crippen LogP contribution in [-0.4, -0.2) is 27.5 Å². The van der Waals surface area contributed by atoms with Gasteiger partial charge in [0, 0.05) is 6.08 Å². The third kappa shape index (κ3) is 2.84. The van der Waals surface area contributed by atoms with Crippen molar-refractivity contribution in [1.82, 2.24) is 15.0 Å². The van der Waals surface area contributed by atoms with Gasteiger partial charge in [0.05, 0.1) is 17.6 Å². The highest BCUT2D eigenvalue weighted by atomic mass is 16.5. The number of H-pyrrole nitrogens is 1. The third-order valence-electron chi connectivity index (χ3n) is 2.80. The van der Waals surface area contributed by atoms with Crippen molar-refractivity contribution in [3.8, 4) is 0 Å². The van der Waals surface area contributed by atoms with Crippen LogP contribution in [0.4, 0.5) is 0 Å². The molecule has 0 aliphatic rings. The van der Waals surface area contributed by atoms with Gasteiger partial charge in [0.1, 0.15) is 12.1 Å². The molecule has 2 heterocycles. The summed E-state index contributed by atoms with van der Waals surface area (Å²) in [7, 11) is 0. The van der Waals surface area contributed by atoms with Gasteiger partial charge in [-0.2, -0.15) is 0 Å². The van der Waals surface area contributed by atoms with Crippen molar-refractivity contribution in [1.29, 1.82) is 0 Å². The molecule has 6 nitrogen and oxygen atoms in total. The van der Waals surface area contributed by atoms with Gasteiger partial charge in [0.25, 0.3) is 0 Å². The maximum absolute atomic E-state index is 11.5. The average molecular weight is 283 g/mol. The number of para-hydroxylation sites is 2. The van der Waals surface area contributed by atoms with E-state index >= 15 is 0 Å². The van der Waals surface area contributed by atoms with Crippen molar-refractivity contribution in [2.45, 2.75) is 6.92 Å². The molecule has 1 aromatic carbocycles. The highest BCUT2D eigenvalue weighted by molar-refractivity contribution is 5.87. The van der Waals surface area contributed by atoms with Crippen LogP contribution in [0.25, 0.3) is 23.2 Å². The second kappa shape index (κ2) is 5.62. The van der Waals surface area contributed by atoms with Crippen LogP contribution < -0.4 is 0 Å². The highest BCUT2D eigenvalue weighted by Gasteiger charge is 2.11. The Kier molecular flexibility index (Phi) is 3.51. The molecule has 3 rings (SSSR count). The summed E-state index contributed by atoms with van der Waals surface area (Å²) in [5.74, 6) is 0.509. The SMILES string of the molecule is CCOC(=O)c1coc(/C=C/c2nc3ccccc3[nH]2)n1. The summed E-state index contributed by atoms with van der Waals surface area (Å²) < 4.78 is 10.0. The third-order valence-corrected chi connectivity index (χ3v) is 2.80. The van der Waals surface area contributed by atoms with Gasteiger partial charge in [-0.05, 0) is 25.1 Å². The van der Waals surface area contributed by atoms with E-state index in [9.17, 15) is 4.79 Å². The second-order valence-electron chi connectivity index (χ2n) is 4.26. The van der Waals surface area contributed by atoms with Crippen molar-refractivity contribution in [2.24, 2.45) is 0 Å². The molecule has 3 aromatic rings. The van der Waals surface area contributed by atoms with E-state index < -0.39 is 5.97 Å². The van der Waals surface area contributed by atoms with Crippen molar-refractivity contribution in [3.05, 3.63) is 47.9 Å². The van der Waals surface area contributed by atoms with Crippen LogP contribution >= 0.6 is 0 Å². The van der Waals surface area contributed by atoms with Crippen LogP contribution in [0.2, 0.25) is 0 Å². The number of benzene rings is 1. The number of oxazole rings is 1. The van der Waals surface area contributed by atoms with E-state index in [0.717, 1.165) is 11.0 Å². The molecule has 0 unspecified atom stereocenters. The first-order valence-corrected chi connectivity index (χ1v) is 6.51. The number of aromatic amines is 1. The lowest BCUT2D eigenvalue weighted by molar-refractivity contribution is 0.0519. The number of esters is 1. The summed E-state index contributed by atoms with van der Waals surface area (Å²) in [4.78, 5) is 23.0. The Morgan fingerprint density at radius 2 is 2.19 bits per heavy atom. The quantitative estimate of drug-likeness (QED) is 0.744. The van der Waals surface area contributed by atoms with Crippen LogP contribution in [0.3, 0.4) is 0 Å². The number of rotatable bonds is 4. The molecule has 0 radical (unpaired) electrons. The van der Waals surface area contributed by atoms with Gasteiger partial charge in [0.2, 0.25) is 5.89 Å². The van der Waals surface area contributed by atoms with E-state index in [1.807, 2.05) is 24.3 Å². The largest absolute Gasteiger partial charge is 0.461 e. The second-order valence-corrected chi connectivity index (χ2v) is 4.26. The van der Waals surface area contributed by atoms with Crippen LogP contribution in [0.1, 0.15) is 29.1 Å². The number of imidazole rings is 1. The zero-order valence-corrected chi connectivity index (χ0v) is 11.4. The number of nitrogens with one attached hydrogen (secondary N) is 1. The van der Waals surface area contributed by atoms with E-state index in [1.54, 1.807) is 19.1 Å². The van der Waals surface area contributed by atoms with E-state index in [1.165, 1.54) is 6.26 Å². The van der Waals surface area contributed by atoms with E-state index in [4.69, 9.17) is 9.15 Å². The van der Waals surface area contributed by atoms with Gasteiger partial charge in [-0.3, -0.25) is 0 Å². The van der Waals surface area contributed by atoms with Crippen molar-refractivity contribution >= 4 is 29.2 Å². The summed E-state index contributed by atoms with van der Waals surface area (Å²) in [5.41, 5.74) is 2.00. The number of hydrogen-bond acceptors (Lipinski definition) is 5. The van der Waals surface area contributed by atoms with Gasteiger partial charge >= 0.3 is 5.97 Å². The summed E-state index contributed by atoms with van der Waals surface area (Å²) in [6.45, 7) is 2.04. The maximum Gasteiger partial charge on any atom is 0.360 e. The Bertz CT molecular complexity index is 768. The lowest BCUT2D eigenvalue weighted by Crippen LogP contribution is -2.04. The fraction of sp³-hybridized carbons (Fsp3) is 0.133. The van der Waals surface area contributed by atoms with Gasteiger partial charge in [0.15, 0.2) is 5.69 Å². The average Bonchev–Trinajstić information content (AvgIpc) is 3.11. The topological polar surface area (TPSA) is 81.0 Å². The highest BCUT2D eigenvalue weighted by Crippen LogP contribution is 2.13. The molecule has 2 aromatic heterocycles. The van der Waals surface area contributed by atoms with Crippen LogP contribution in [0.5, 0.6) is 0 Å². The summed E-state index contributed by atoms with van der Waals surface area (Å²) >= 11 is 0. The Morgan fingerprint density at radius 1 is 1.33 bits per heavy atom. The number of fused-ring (bicyclic) bond motifs is 1. The first-order chi connectivity index (χ1) is 10.3. The molecule has 0 atom stereocenters. The van der Waals surface area contributed by atoms with Gasteiger partial charge < -0.3 is 14.1 Å². The molecule has 0 aliphatic heterocycles. The van der Waals surface area contributed by atoms with Gasteiger partial charge in [-0.15, -0.1) is 0 Å². The number of carbonyl (C=O) groups is 1. The normalized spacial score (nSPS) is 11.3. The fourth-order valence-corrected chi connectivity index (χ4v) is 1.86. The van der Waals surface area contributed by atoms with Crippen molar-refractivity contribution in [2.75, 3.05) is 6.61 Å². The number of nitrogens with zero attached hydrogens (tertiary/aromatic N) is 2. The number of aromatic nitrogens is 3. The molecule has 0 bridgehead atoms. The van der Waals surface area contributed by atoms with E-state index in [-0.39, 0.29) is 5.69 Å². The van der Waals surface area contributed by atoms with Gasteiger partial charge in [-0.1, -0.05) is 12.1 Å². The molecule has 1 N–H and O–H groups in total.